The predicted octanol–water partition coefficient (Wildman–Crippen LogP) is 4.48. The summed E-state index contributed by atoms with van der Waals surface area (Å²) in [4.78, 5) is 25.1. The minimum Gasteiger partial charge on any atom is -0.454 e. The van der Waals surface area contributed by atoms with Crippen molar-refractivity contribution < 1.29 is 18.4 Å². The first-order valence-corrected chi connectivity index (χ1v) is 7.96. The molecule has 5 heteroatoms. The van der Waals surface area contributed by atoms with Gasteiger partial charge in [-0.25, -0.2) is 0 Å². The van der Waals surface area contributed by atoms with Crippen LogP contribution in [-0.2, 0) is 0 Å². The molecule has 0 atom stereocenters. The summed E-state index contributed by atoms with van der Waals surface area (Å²) in [6.07, 6.45) is 0. The van der Waals surface area contributed by atoms with Gasteiger partial charge >= 0.3 is 7.28 Å². The van der Waals surface area contributed by atoms with Crippen LogP contribution >= 0.6 is 0 Å². The maximum Gasteiger partial charge on any atom is 0.313 e. The Morgan fingerprint density at radius 2 is 1.12 bits per heavy atom. The highest BCUT2D eigenvalue weighted by Crippen LogP contribution is 2.27. The van der Waals surface area contributed by atoms with E-state index in [4.69, 9.17) is 8.83 Å². The Bertz CT molecular complexity index is 1040. The van der Waals surface area contributed by atoms with Crippen LogP contribution in [0.4, 0.5) is 0 Å². The summed E-state index contributed by atoms with van der Waals surface area (Å²) in [6, 6.07) is 14.8. The maximum atomic E-state index is 12.5. The molecule has 4 rings (SSSR count). The van der Waals surface area contributed by atoms with Crippen molar-refractivity contribution >= 4 is 40.6 Å². The molecule has 0 spiro atoms. The second kappa shape index (κ2) is 5.78. The fraction of sp³-hybridized carbons (Fsp3) is 0.100. The van der Waals surface area contributed by atoms with Gasteiger partial charge in [0.25, 0.3) is 0 Å². The normalized spacial score (nSPS) is 11.1. The number of rotatable bonds is 4. The lowest BCUT2D eigenvalue weighted by atomic mass is 9.66. The van der Waals surface area contributed by atoms with Crippen molar-refractivity contribution in [3.63, 3.8) is 0 Å². The average Bonchev–Trinajstić information content (AvgIpc) is 3.14. The van der Waals surface area contributed by atoms with Crippen molar-refractivity contribution in [1.29, 1.82) is 0 Å². The third-order valence-corrected chi connectivity index (χ3v) is 4.40. The van der Waals surface area contributed by atoms with Crippen LogP contribution in [0.5, 0.6) is 0 Å². The molecule has 25 heavy (non-hydrogen) atoms. The number of furan rings is 2. The van der Waals surface area contributed by atoms with E-state index in [9.17, 15) is 9.59 Å². The smallest absolute Gasteiger partial charge is 0.313 e. The summed E-state index contributed by atoms with van der Waals surface area (Å²) in [7, 11) is 1.04. The molecular formula is C20H14BO4. The number of hydrogen-bond acceptors (Lipinski definition) is 4. The molecule has 2 heterocycles. The fourth-order valence-electron chi connectivity index (χ4n) is 3.07. The molecule has 4 nitrogen and oxygen atoms in total. The van der Waals surface area contributed by atoms with E-state index in [1.165, 1.54) is 0 Å². The Kier molecular flexibility index (Phi) is 3.57. The van der Waals surface area contributed by atoms with Gasteiger partial charge < -0.3 is 18.4 Å². The molecule has 4 aromatic rings. The topological polar surface area (TPSA) is 60.4 Å². The van der Waals surface area contributed by atoms with E-state index in [2.05, 4.69) is 0 Å². The number of carbonyl (C=O) groups excluding carboxylic acids is 2. The lowest BCUT2D eigenvalue weighted by Crippen LogP contribution is -2.20. The van der Waals surface area contributed by atoms with Crippen LogP contribution in [0.3, 0.4) is 0 Å². The molecule has 0 aliphatic rings. The van der Waals surface area contributed by atoms with Crippen LogP contribution in [0.2, 0.25) is 0 Å². The lowest BCUT2D eigenvalue weighted by molar-refractivity contribution is 0.101. The van der Waals surface area contributed by atoms with E-state index < -0.39 is 11.4 Å². The summed E-state index contributed by atoms with van der Waals surface area (Å²) >= 11 is 0. The van der Waals surface area contributed by atoms with Gasteiger partial charge in [0.05, 0.1) is 0 Å². The van der Waals surface area contributed by atoms with Crippen molar-refractivity contribution in [3.05, 3.63) is 71.2 Å². The summed E-state index contributed by atoms with van der Waals surface area (Å²) < 4.78 is 11.2. The summed E-state index contributed by atoms with van der Waals surface area (Å²) in [5.41, 5.74) is 1.79. The molecule has 0 saturated heterocycles. The molecule has 0 bridgehead atoms. The molecular weight excluding hydrogens is 315 g/mol. The first kappa shape index (κ1) is 15.5. The van der Waals surface area contributed by atoms with Crippen LogP contribution in [0.15, 0.2) is 57.4 Å². The standard InChI is InChI=1S/C20H14BO4/c1-11-13-7-3-5-9-15(13)24-17(11)19(22)21-20(23)18-12(2)14-8-4-6-10-16(14)25-18/h3-10H,1-2H3. The van der Waals surface area contributed by atoms with E-state index in [1.807, 2.05) is 50.2 Å². The van der Waals surface area contributed by atoms with E-state index >= 15 is 0 Å². The Balaban J connectivity index is 1.66. The van der Waals surface area contributed by atoms with Crippen molar-refractivity contribution in [1.82, 2.24) is 0 Å². The highest BCUT2D eigenvalue weighted by molar-refractivity contribution is 7.00. The fourth-order valence-corrected chi connectivity index (χ4v) is 3.07. The molecule has 2 aromatic heterocycles. The van der Waals surface area contributed by atoms with Gasteiger partial charge in [-0.15, -0.1) is 0 Å². The van der Waals surface area contributed by atoms with Gasteiger partial charge in [0, 0.05) is 21.9 Å². The van der Waals surface area contributed by atoms with E-state index in [0.717, 1.165) is 29.2 Å². The van der Waals surface area contributed by atoms with Crippen molar-refractivity contribution in [2.24, 2.45) is 0 Å². The molecule has 2 aromatic carbocycles. The minimum absolute atomic E-state index is 0.184. The summed E-state index contributed by atoms with van der Waals surface area (Å²) in [5, 5.41) is 1.73. The van der Waals surface area contributed by atoms with E-state index in [-0.39, 0.29) is 11.5 Å². The zero-order valence-electron chi connectivity index (χ0n) is 13.8. The first-order valence-electron chi connectivity index (χ1n) is 7.96. The first-order chi connectivity index (χ1) is 12.1. The number of carbonyl (C=O) groups is 2. The van der Waals surface area contributed by atoms with Gasteiger partial charge in [-0.3, -0.25) is 0 Å². The van der Waals surface area contributed by atoms with E-state index in [1.54, 1.807) is 12.1 Å². The molecule has 0 unspecified atom stereocenters. The molecule has 121 valence electrons. The van der Waals surface area contributed by atoms with Gasteiger partial charge in [-0.1, -0.05) is 36.4 Å². The van der Waals surface area contributed by atoms with Gasteiger partial charge in [0.15, 0.2) is 22.9 Å². The Hall–Kier alpha value is -3.08. The minimum atomic E-state index is -0.460. The Morgan fingerprint density at radius 1 is 0.720 bits per heavy atom. The molecule has 0 N–H and O–H groups in total. The van der Waals surface area contributed by atoms with Crippen molar-refractivity contribution in [2.45, 2.75) is 13.8 Å². The van der Waals surface area contributed by atoms with E-state index in [0.29, 0.717) is 11.2 Å². The second-order valence-corrected chi connectivity index (χ2v) is 5.98. The summed E-state index contributed by atoms with van der Waals surface area (Å²) in [5.74, 6) is 0.367. The molecule has 0 fully saturated rings. The maximum absolute atomic E-state index is 12.5. The van der Waals surface area contributed by atoms with Crippen molar-refractivity contribution in [2.75, 3.05) is 0 Å². The second-order valence-electron chi connectivity index (χ2n) is 5.98. The molecule has 0 amide bonds. The molecule has 0 aliphatic heterocycles. The van der Waals surface area contributed by atoms with Crippen LogP contribution in [0.25, 0.3) is 21.9 Å². The number of benzene rings is 2. The Labute approximate surface area is 144 Å². The van der Waals surface area contributed by atoms with Gasteiger partial charge in [0.2, 0.25) is 0 Å². The molecule has 0 saturated carbocycles. The van der Waals surface area contributed by atoms with Crippen LogP contribution in [0.1, 0.15) is 32.2 Å². The number of hydrogen-bond donors (Lipinski definition) is 0. The van der Waals surface area contributed by atoms with Gasteiger partial charge in [-0.05, 0) is 26.0 Å². The van der Waals surface area contributed by atoms with Crippen LogP contribution in [0, 0.1) is 13.8 Å². The average molecular weight is 329 g/mol. The summed E-state index contributed by atoms with van der Waals surface area (Å²) in [6.45, 7) is 3.62. The zero-order valence-corrected chi connectivity index (χ0v) is 13.8. The SMILES string of the molecule is Cc1c(C(=O)[B]C(=O)c2oc3ccccc3c2C)oc2ccccc12. The van der Waals surface area contributed by atoms with Gasteiger partial charge in [-0.2, -0.15) is 0 Å². The van der Waals surface area contributed by atoms with Gasteiger partial charge in [0.1, 0.15) is 11.2 Å². The zero-order chi connectivity index (χ0) is 17.6. The van der Waals surface area contributed by atoms with Crippen LogP contribution in [-0.4, -0.2) is 18.6 Å². The largest absolute Gasteiger partial charge is 0.454 e. The number of para-hydroxylation sites is 2. The third-order valence-electron chi connectivity index (χ3n) is 4.40. The number of aryl methyl sites for hydroxylation is 2. The third kappa shape index (κ3) is 2.48. The quantitative estimate of drug-likeness (QED) is 0.518. The monoisotopic (exact) mass is 329 g/mol. The van der Waals surface area contributed by atoms with Crippen LogP contribution < -0.4 is 0 Å². The predicted molar refractivity (Wildman–Crippen MR) is 96.3 cm³/mol. The highest BCUT2D eigenvalue weighted by Gasteiger charge is 2.26. The Morgan fingerprint density at radius 3 is 1.52 bits per heavy atom. The molecule has 0 aliphatic carbocycles. The lowest BCUT2D eigenvalue weighted by Gasteiger charge is -1.97. The van der Waals surface area contributed by atoms with Crippen molar-refractivity contribution in [3.8, 4) is 0 Å². The number of fused-ring (bicyclic) bond motifs is 2. The highest BCUT2D eigenvalue weighted by atomic mass is 16.3. The molecule has 1 radical (unpaired) electrons.